The number of carbonyl (C=O) groups is 2. The first kappa shape index (κ1) is 22.2. The minimum absolute atomic E-state index is 0.00778. The van der Waals surface area contributed by atoms with Gasteiger partial charge in [-0.25, -0.2) is 8.42 Å². The van der Waals surface area contributed by atoms with Crippen LogP contribution in [0.2, 0.25) is 0 Å². The molecule has 1 amide bonds. The molecule has 1 aromatic heterocycles. The fourth-order valence-electron chi connectivity index (χ4n) is 2.68. The topological polar surface area (TPSA) is 128 Å². The SMILES string of the molecule is Cc1cc(NC(=O)C(OC(=O)[C@H](C)NS(=O)(=O)c2ccccc2)c2ccccc2)no1. The molecule has 0 saturated carbocycles. The number of benzene rings is 2. The molecule has 2 N–H and O–H groups in total. The minimum atomic E-state index is -3.94. The summed E-state index contributed by atoms with van der Waals surface area (Å²) in [6, 6.07) is 16.2. The van der Waals surface area contributed by atoms with E-state index in [9.17, 15) is 18.0 Å². The van der Waals surface area contributed by atoms with Crippen LogP contribution in [0.4, 0.5) is 5.82 Å². The number of ether oxygens (including phenoxy) is 1. The summed E-state index contributed by atoms with van der Waals surface area (Å²) in [6.07, 6.45) is -1.32. The molecule has 3 aromatic rings. The minimum Gasteiger partial charge on any atom is -0.446 e. The molecule has 2 atom stereocenters. The summed E-state index contributed by atoms with van der Waals surface area (Å²) in [5.41, 5.74) is 0.409. The number of carbonyl (C=O) groups excluding carboxylic acids is 2. The van der Waals surface area contributed by atoms with Gasteiger partial charge in [0, 0.05) is 11.6 Å². The van der Waals surface area contributed by atoms with Gasteiger partial charge in [-0.15, -0.1) is 0 Å². The average Bonchev–Trinajstić information content (AvgIpc) is 3.17. The van der Waals surface area contributed by atoms with Gasteiger partial charge in [0.2, 0.25) is 16.1 Å². The van der Waals surface area contributed by atoms with Gasteiger partial charge in [-0.3, -0.25) is 9.59 Å². The van der Waals surface area contributed by atoms with E-state index in [2.05, 4.69) is 15.2 Å². The number of hydrogen-bond acceptors (Lipinski definition) is 7. The number of hydrogen-bond donors (Lipinski definition) is 2. The third-order valence-electron chi connectivity index (χ3n) is 4.19. The van der Waals surface area contributed by atoms with Crippen LogP contribution in [0.15, 0.2) is 76.1 Å². The standard InChI is InChI=1S/C21H21N3O6S/c1-14-13-18(23-30-14)22-20(25)19(16-9-5-3-6-10-16)29-21(26)15(2)24-31(27,28)17-11-7-4-8-12-17/h3-13,15,19,24H,1-2H3,(H,22,23,25)/t15-,19?/m0/s1. The quantitative estimate of drug-likeness (QED) is 0.512. The molecule has 2 aromatic carbocycles. The van der Waals surface area contributed by atoms with Crippen LogP contribution >= 0.6 is 0 Å². The van der Waals surface area contributed by atoms with E-state index in [4.69, 9.17) is 9.26 Å². The Balaban J connectivity index is 1.75. The lowest BCUT2D eigenvalue weighted by Crippen LogP contribution is -2.41. The van der Waals surface area contributed by atoms with Crippen molar-refractivity contribution in [3.8, 4) is 0 Å². The van der Waals surface area contributed by atoms with Crippen LogP contribution in [0.5, 0.6) is 0 Å². The van der Waals surface area contributed by atoms with Gasteiger partial charge in [0.05, 0.1) is 4.90 Å². The lowest BCUT2D eigenvalue weighted by molar-refractivity contribution is -0.156. The maximum absolute atomic E-state index is 12.8. The highest BCUT2D eigenvalue weighted by Crippen LogP contribution is 2.21. The Kier molecular flexibility index (Phi) is 6.83. The molecule has 10 heteroatoms. The molecular weight excluding hydrogens is 422 g/mol. The smallest absolute Gasteiger partial charge is 0.325 e. The molecule has 3 rings (SSSR count). The lowest BCUT2D eigenvalue weighted by atomic mass is 10.1. The average molecular weight is 443 g/mol. The second-order valence-corrected chi connectivity index (χ2v) is 8.41. The van der Waals surface area contributed by atoms with Gasteiger partial charge in [-0.2, -0.15) is 4.72 Å². The molecule has 0 bridgehead atoms. The van der Waals surface area contributed by atoms with Crippen LogP contribution in [-0.4, -0.2) is 31.5 Å². The highest BCUT2D eigenvalue weighted by molar-refractivity contribution is 7.89. The summed E-state index contributed by atoms with van der Waals surface area (Å²) >= 11 is 0. The fraction of sp³-hybridized carbons (Fsp3) is 0.190. The van der Waals surface area contributed by atoms with E-state index in [0.29, 0.717) is 11.3 Å². The summed E-state index contributed by atoms with van der Waals surface area (Å²) in [7, 11) is -3.94. The number of nitrogens with one attached hydrogen (secondary N) is 2. The van der Waals surface area contributed by atoms with Gasteiger partial charge < -0.3 is 14.6 Å². The van der Waals surface area contributed by atoms with Crippen LogP contribution in [-0.2, 0) is 24.3 Å². The van der Waals surface area contributed by atoms with Crippen LogP contribution < -0.4 is 10.0 Å². The van der Waals surface area contributed by atoms with E-state index in [1.165, 1.54) is 25.1 Å². The number of rotatable bonds is 8. The first-order valence-electron chi connectivity index (χ1n) is 9.33. The van der Waals surface area contributed by atoms with E-state index < -0.39 is 34.0 Å². The predicted molar refractivity (Wildman–Crippen MR) is 111 cm³/mol. The molecule has 162 valence electrons. The van der Waals surface area contributed by atoms with Crippen molar-refractivity contribution in [2.75, 3.05) is 5.32 Å². The molecular formula is C21H21N3O6S. The van der Waals surface area contributed by atoms with Crippen molar-refractivity contribution in [1.29, 1.82) is 0 Å². The number of amides is 1. The molecule has 1 heterocycles. The Bertz CT molecular complexity index is 1150. The van der Waals surface area contributed by atoms with Gasteiger partial charge >= 0.3 is 5.97 Å². The molecule has 0 aliphatic heterocycles. The van der Waals surface area contributed by atoms with Gasteiger partial charge in [0.1, 0.15) is 11.8 Å². The van der Waals surface area contributed by atoms with Crippen LogP contribution in [0.1, 0.15) is 24.4 Å². The monoisotopic (exact) mass is 443 g/mol. The van der Waals surface area contributed by atoms with E-state index in [0.717, 1.165) is 0 Å². The summed E-state index contributed by atoms with van der Waals surface area (Å²) in [5.74, 6) is -0.921. The zero-order chi connectivity index (χ0) is 22.4. The number of nitrogens with zero attached hydrogens (tertiary/aromatic N) is 1. The van der Waals surface area contributed by atoms with Gasteiger partial charge in [-0.05, 0) is 26.0 Å². The summed E-state index contributed by atoms with van der Waals surface area (Å²) in [5, 5.41) is 6.21. The van der Waals surface area contributed by atoms with Crippen molar-refractivity contribution in [3.05, 3.63) is 78.1 Å². The van der Waals surface area contributed by atoms with Crippen molar-refractivity contribution in [3.63, 3.8) is 0 Å². The molecule has 31 heavy (non-hydrogen) atoms. The zero-order valence-electron chi connectivity index (χ0n) is 16.8. The Morgan fingerprint density at radius 1 is 1.03 bits per heavy atom. The van der Waals surface area contributed by atoms with E-state index in [-0.39, 0.29) is 10.7 Å². The summed E-state index contributed by atoms with van der Waals surface area (Å²) < 4.78 is 37.5. The van der Waals surface area contributed by atoms with Gasteiger partial charge in [-0.1, -0.05) is 53.7 Å². The molecule has 0 saturated heterocycles. The molecule has 0 fully saturated rings. The van der Waals surface area contributed by atoms with Crippen LogP contribution in [0.3, 0.4) is 0 Å². The lowest BCUT2D eigenvalue weighted by Gasteiger charge is -2.20. The third-order valence-corrected chi connectivity index (χ3v) is 5.75. The van der Waals surface area contributed by atoms with Crippen molar-refractivity contribution >= 4 is 27.7 Å². The van der Waals surface area contributed by atoms with Crippen molar-refractivity contribution < 1.29 is 27.3 Å². The first-order chi connectivity index (χ1) is 14.8. The van der Waals surface area contributed by atoms with E-state index >= 15 is 0 Å². The Morgan fingerprint density at radius 3 is 2.23 bits per heavy atom. The molecule has 0 spiro atoms. The number of esters is 1. The molecule has 9 nitrogen and oxygen atoms in total. The van der Waals surface area contributed by atoms with Crippen molar-refractivity contribution in [1.82, 2.24) is 9.88 Å². The fourth-order valence-corrected chi connectivity index (χ4v) is 3.90. The molecule has 0 aliphatic rings. The number of anilines is 1. The van der Waals surface area contributed by atoms with E-state index in [1.54, 1.807) is 55.5 Å². The normalized spacial score (nSPS) is 13.2. The summed E-state index contributed by atoms with van der Waals surface area (Å²) in [6.45, 7) is 3.00. The number of aromatic nitrogens is 1. The van der Waals surface area contributed by atoms with Gasteiger partial charge in [0.15, 0.2) is 5.82 Å². The van der Waals surface area contributed by atoms with Crippen LogP contribution in [0, 0.1) is 6.92 Å². The molecule has 0 radical (unpaired) electrons. The number of sulfonamides is 1. The van der Waals surface area contributed by atoms with E-state index in [1.807, 2.05) is 0 Å². The Labute approximate surface area is 179 Å². The molecule has 0 aliphatic carbocycles. The van der Waals surface area contributed by atoms with Gasteiger partial charge in [0.25, 0.3) is 5.91 Å². The number of aryl methyl sites for hydroxylation is 1. The van der Waals surface area contributed by atoms with Crippen molar-refractivity contribution in [2.45, 2.75) is 30.9 Å². The Morgan fingerprint density at radius 2 is 1.65 bits per heavy atom. The third kappa shape index (κ3) is 5.77. The highest BCUT2D eigenvalue weighted by Gasteiger charge is 2.30. The molecule has 1 unspecified atom stereocenters. The highest BCUT2D eigenvalue weighted by atomic mass is 32.2. The second kappa shape index (κ2) is 9.54. The first-order valence-corrected chi connectivity index (χ1v) is 10.8. The maximum atomic E-state index is 12.8. The maximum Gasteiger partial charge on any atom is 0.325 e. The van der Waals surface area contributed by atoms with Crippen LogP contribution in [0.25, 0.3) is 0 Å². The summed E-state index contributed by atoms with van der Waals surface area (Å²) in [4.78, 5) is 25.4. The van der Waals surface area contributed by atoms with Crippen molar-refractivity contribution in [2.24, 2.45) is 0 Å². The largest absolute Gasteiger partial charge is 0.446 e. The predicted octanol–water partition coefficient (Wildman–Crippen LogP) is 2.57. The second-order valence-electron chi connectivity index (χ2n) is 6.70. The zero-order valence-corrected chi connectivity index (χ0v) is 17.6. The Hall–Kier alpha value is -3.50.